The lowest BCUT2D eigenvalue weighted by Crippen LogP contribution is -2.09. The second-order valence-electron chi connectivity index (χ2n) is 3.12. The van der Waals surface area contributed by atoms with Crippen LogP contribution >= 0.6 is 11.6 Å². The maximum absolute atomic E-state index is 5.89. The SMILES string of the molecule is COc1ccc(Cl)cc1C(C)CON. The summed E-state index contributed by atoms with van der Waals surface area (Å²) in [4.78, 5) is 4.60. The third-order valence-corrected chi connectivity index (χ3v) is 2.30. The topological polar surface area (TPSA) is 44.5 Å². The molecular formula is C10H14ClNO2. The third kappa shape index (κ3) is 2.61. The van der Waals surface area contributed by atoms with E-state index >= 15 is 0 Å². The molecule has 0 aliphatic rings. The van der Waals surface area contributed by atoms with Gasteiger partial charge in [-0.1, -0.05) is 18.5 Å². The van der Waals surface area contributed by atoms with Gasteiger partial charge in [-0.05, 0) is 18.2 Å². The zero-order valence-electron chi connectivity index (χ0n) is 8.29. The number of methoxy groups -OCH3 is 1. The van der Waals surface area contributed by atoms with Gasteiger partial charge in [0.2, 0.25) is 0 Å². The number of hydrogen-bond donors (Lipinski definition) is 1. The van der Waals surface area contributed by atoms with Gasteiger partial charge < -0.3 is 9.57 Å². The predicted octanol–water partition coefficient (Wildman–Crippen LogP) is 2.34. The van der Waals surface area contributed by atoms with E-state index in [0.717, 1.165) is 11.3 Å². The number of halogens is 1. The van der Waals surface area contributed by atoms with Gasteiger partial charge in [0.1, 0.15) is 5.75 Å². The highest BCUT2D eigenvalue weighted by Crippen LogP contribution is 2.29. The molecule has 0 aliphatic carbocycles. The minimum absolute atomic E-state index is 0.161. The van der Waals surface area contributed by atoms with E-state index in [9.17, 15) is 0 Å². The quantitative estimate of drug-likeness (QED) is 0.785. The average molecular weight is 216 g/mol. The van der Waals surface area contributed by atoms with Crippen molar-refractivity contribution in [3.05, 3.63) is 28.8 Å². The van der Waals surface area contributed by atoms with E-state index in [1.165, 1.54) is 0 Å². The molecule has 0 bridgehead atoms. The molecule has 0 spiro atoms. The molecule has 1 atom stereocenters. The molecule has 0 saturated carbocycles. The first-order valence-corrected chi connectivity index (χ1v) is 4.72. The molecule has 3 nitrogen and oxygen atoms in total. The predicted molar refractivity (Wildman–Crippen MR) is 56.6 cm³/mol. The van der Waals surface area contributed by atoms with Gasteiger partial charge in [-0.25, -0.2) is 5.90 Å². The monoisotopic (exact) mass is 215 g/mol. The number of hydrogen-bond acceptors (Lipinski definition) is 3. The van der Waals surface area contributed by atoms with Gasteiger partial charge in [-0.3, -0.25) is 0 Å². The standard InChI is InChI=1S/C10H14ClNO2/c1-7(6-14-12)9-5-8(11)3-4-10(9)13-2/h3-5,7H,6,12H2,1-2H3. The fourth-order valence-corrected chi connectivity index (χ4v) is 1.50. The van der Waals surface area contributed by atoms with Crippen LogP contribution in [0.2, 0.25) is 5.02 Å². The largest absolute Gasteiger partial charge is 0.496 e. The molecule has 78 valence electrons. The molecular weight excluding hydrogens is 202 g/mol. The first kappa shape index (κ1) is 11.3. The Bertz CT molecular complexity index is 304. The molecule has 0 aromatic heterocycles. The van der Waals surface area contributed by atoms with Crippen LogP contribution in [0.25, 0.3) is 0 Å². The Kier molecular flexibility index (Phi) is 4.20. The van der Waals surface area contributed by atoms with Crippen molar-refractivity contribution in [1.29, 1.82) is 0 Å². The highest BCUT2D eigenvalue weighted by molar-refractivity contribution is 6.30. The molecule has 0 heterocycles. The molecule has 0 radical (unpaired) electrons. The maximum atomic E-state index is 5.89. The van der Waals surface area contributed by atoms with E-state index in [0.29, 0.717) is 11.6 Å². The van der Waals surface area contributed by atoms with Gasteiger partial charge >= 0.3 is 0 Å². The van der Waals surface area contributed by atoms with E-state index in [-0.39, 0.29) is 5.92 Å². The van der Waals surface area contributed by atoms with Crippen molar-refractivity contribution in [2.24, 2.45) is 5.90 Å². The van der Waals surface area contributed by atoms with Crippen molar-refractivity contribution >= 4 is 11.6 Å². The van der Waals surface area contributed by atoms with E-state index in [2.05, 4.69) is 4.84 Å². The Morgan fingerprint density at radius 1 is 1.50 bits per heavy atom. The summed E-state index contributed by atoms with van der Waals surface area (Å²) in [6.45, 7) is 2.44. The van der Waals surface area contributed by atoms with Crippen molar-refractivity contribution in [1.82, 2.24) is 0 Å². The normalized spacial score (nSPS) is 12.6. The fourth-order valence-electron chi connectivity index (χ4n) is 1.32. The van der Waals surface area contributed by atoms with Crippen LogP contribution in [0.15, 0.2) is 18.2 Å². The molecule has 2 N–H and O–H groups in total. The molecule has 1 aromatic rings. The van der Waals surface area contributed by atoms with E-state index < -0.39 is 0 Å². The van der Waals surface area contributed by atoms with Gasteiger partial charge in [0.15, 0.2) is 0 Å². The Morgan fingerprint density at radius 3 is 2.79 bits per heavy atom. The van der Waals surface area contributed by atoms with Crippen molar-refractivity contribution in [2.45, 2.75) is 12.8 Å². The Labute approximate surface area is 88.7 Å². The molecule has 1 aromatic carbocycles. The summed E-state index contributed by atoms with van der Waals surface area (Å²) >= 11 is 5.89. The number of nitrogens with two attached hydrogens (primary N) is 1. The van der Waals surface area contributed by atoms with Crippen molar-refractivity contribution < 1.29 is 9.57 Å². The number of benzene rings is 1. The molecule has 0 saturated heterocycles. The number of ether oxygens (including phenoxy) is 1. The summed E-state index contributed by atoms with van der Waals surface area (Å²) < 4.78 is 5.21. The summed E-state index contributed by atoms with van der Waals surface area (Å²) in [7, 11) is 1.63. The van der Waals surface area contributed by atoms with Gasteiger partial charge in [-0.2, -0.15) is 0 Å². The minimum atomic E-state index is 0.161. The molecule has 0 aliphatic heterocycles. The van der Waals surface area contributed by atoms with Crippen LogP contribution in [-0.2, 0) is 4.84 Å². The van der Waals surface area contributed by atoms with E-state index in [1.807, 2.05) is 19.1 Å². The van der Waals surface area contributed by atoms with Crippen LogP contribution in [-0.4, -0.2) is 13.7 Å². The number of rotatable bonds is 4. The van der Waals surface area contributed by atoms with Crippen molar-refractivity contribution in [2.75, 3.05) is 13.7 Å². The summed E-state index contributed by atoms with van der Waals surface area (Å²) in [6.07, 6.45) is 0. The second kappa shape index (κ2) is 5.20. The van der Waals surface area contributed by atoms with Gasteiger partial charge in [0.05, 0.1) is 13.7 Å². The second-order valence-corrected chi connectivity index (χ2v) is 3.56. The molecule has 14 heavy (non-hydrogen) atoms. The molecule has 4 heteroatoms. The first-order valence-electron chi connectivity index (χ1n) is 4.34. The van der Waals surface area contributed by atoms with Crippen molar-refractivity contribution in [3.8, 4) is 5.75 Å². The fraction of sp³-hybridized carbons (Fsp3) is 0.400. The lowest BCUT2D eigenvalue weighted by Gasteiger charge is -2.14. The van der Waals surface area contributed by atoms with Crippen LogP contribution in [0.3, 0.4) is 0 Å². The van der Waals surface area contributed by atoms with Crippen LogP contribution in [0.1, 0.15) is 18.4 Å². The summed E-state index contributed by atoms with van der Waals surface area (Å²) in [5.41, 5.74) is 1.01. The van der Waals surface area contributed by atoms with Crippen molar-refractivity contribution in [3.63, 3.8) is 0 Å². The van der Waals surface area contributed by atoms with Crippen LogP contribution in [0.5, 0.6) is 5.75 Å². The first-order chi connectivity index (χ1) is 6.69. The van der Waals surface area contributed by atoms with Crippen LogP contribution in [0.4, 0.5) is 0 Å². The maximum Gasteiger partial charge on any atom is 0.122 e. The molecule has 0 amide bonds. The highest BCUT2D eigenvalue weighted by atomic mass is 35.5. The van der Waals surface area contributed by atoms with E-state index in [4.69, 9.17) is 22.2 Å². The smallest absolute Gasteiger partial charge is 0.122 e. The lowest BCUT2D eigenvalue weighted by atomic mass is 10.0. The minimum Gasteiger partial charge on any atom is -0.496 e. The van der Waals surface area contributed by atoms with Gasteiger partial charge in [-0.15, -0.1) is 0 Å². The zero-order chi connectivity index (χ0) is 10.6. The van der Waals surface area contributed by atoms with E-state index in [1.54, 1.807) is 13.2 Å². The summed E-state index contributed by atoms with van der Waals surface area (Å²) in [6, 6.07) is 5.49. The van der Waals surface area contributed by atoms with Crippen LogP contribution < -0.4 is 10.6 Å². The molecule has 0 fully saturated rings. The van der Waals surface area contributed by atoms with Gasteiger partial charge in [0.25, 0.3) is 0 Å². The molecule has 1 unspecified atom stereocenters. The Morgan fingerprint density at radius 2 is 2.21 bits per heavy atom. The molecule has 1 rings (SSSR count). The van der Waals surface area contributed by atoms with Gasteiger partial charge in [0, 0.05) is 16.5 Å². The summed E-state index contributed by atoms with van der Waals surface area (Å²) in [5, 5.41) is 0.685. The Balaban J connectivity index is 2.97. The lowest BCUT2D eigenvalue weighted by molar-refractivity contribution is 0.126. The summed E-state index contributed by atoms with van der Waals surface area (Å²) in [5.74, 6) is 5.99. The highest BCUT2D eigenvalue weighted by Gasteiger charge is 2.11. The average Bonchev–Trinajstić information content (AvgIpc) is 2.18. The zero-order valence-corrected chi connectivity index (χ0v) is 9.04. The van der Waals surface area contributed by atoms with Crippen LogP contribution in [0, 0.1) is 0 Å². The Hall–Kier alpha value is -0.770. The third-order valence-electron chi connectivity index (χ3n) is 2.07.